The van der Waals surface area contributed by atoms with Crippen LogP contribution in [0.3, 0.4) is 0 Å². The lowest BCUT2D eigenvalue weighted by atomic mass is 10.00. The van der Waals surface area contributed by atoms with Crippen LogP contribution in [0.2, 0.25) is 0 Å². The number of hydrogen-bond donors (Lipinski definition) is 1. The standard InChI is InChI=1S/C16H25NO2/c1-6-13-8-10-14(11-9-13)12(3)17-15(18)16(4,7-2)19-5/h8-12H,6-7H2,1-5H3,(H,17,18). The van der Waals surface area contributed by atoms with Crippen molar-refractivity contribution in [2.24, 2.45) is 0 Å². The van der Waals surface area contributed by atoms with Crippen LogP contribution in [-0.4, -0.2) is 18.6 Å². The third-order valence-corrected chi connectivity index (χ3v) is 3.84. The van der Waals surface area contributed by atoms with Gasteiger partial charge in [-0.3, -0.25) is 4.79 Å². The predicted molar refractivity (Wildman–Crippen MR) is 78.1 cm³/mol. The zero-order valence-corrected chi connectivity index (χ0v) is 12.6. The zero-order chi connectivity index (χ0) is 14.5. The van der Waals surface area contributed by atoms with E-state index in [1.54, 1.807) is 7.11 Å². The lowest BCUT2D eigenvalue weighted by Crippen LogP contribution is -2.46. The van der Waals surface area contributed by atoms with Crippen LogP contribution in [-0.2, 0) is 16.0 Å². The van der Waals surface area contributed by atoms with E-state index >= 15 is 0 Å². The Kier molecular flexibility index (Phi) is 5.55. The molecule has 0 fully saturated rings. The summed E-state index contributed by atoms with van der Waals surface area (Å²) in [7, 11) is 1.57. The fraction of sp³-hybridized carbons (Fsp3) is 0.562. The minimum Gasteiger partial charge on any atom is -0.369 e. The summed E-state index contributed by atoms with van der Waals surface area (Å²) in [5, 5.41) is 3.01. The van der Waals surface area contributed by atoms with Gasteiger partial charge in [-0.05, 0) is 37.8 Å². The highest BCUT2D eigenvalue weighted by Gasteiger charge is 2.31. The van der Waals surface area contributed by atoms with E-state index in [9.17, 15) is 4.79 Å². The normalized spacial score (nSPS) is 15.6. The Bertz CT molecular complexity index is 407. The second-order valence-corrected chi connectivity index (χ2v) is 5.08. The highest BCUT2D eigenvalue weighted by Crippen LogP contribution is 2.18. The number of aryl methyl sites for hydroxylation is 1. The monoisotopic (exact) mass is 263 g/mol. The molecule has 0 aliphatic carbocycles. The molecule has 1 rings (SSSR count). The summed E-state index contributed by atoms with van der Waals surface area (Å²) in [6.45, 7) is 7.88. The van der Waals surface area contributed by atoms with Gasteiger partial charge in [0.05, 0.1) is 6.04 Å². The van der Waals surface area contributed by atoms with E-state index in [1.165, 1.54) is 5.56 Å². The summed E-state index contributed by atoms with van der Waals surface area (Å²) >= 11 is 0. The van der Waals surface area contributed by atoms with Crippen molar-refractivity contribution in [1.29, 1.82) is 0 Å². The lowest BCUT2D eigenvalue weighted by molar-refractivity contribution is -0.142. The predicted octanol–water partition coefficient (Wildman–Crippen LogP) is 3.24. The van der Waals surface area contributed by atoms with Crippen molar-refractivity contribution in [3.63, 3.8) is 0 Å². The van der Waals surface area contributed by atoms with E-state index in [0.29, 0.717) is 6.42 Å². The third-order valence-electron chi connectivity index (χ3n) is 3.84. The molecule has 0 saturated heterocycles. The Morgan fingerprint density at radius 2 is 1.89 bits per heavy atom. The lowest BCUT2D eigenvalue weighted by Gasteiger charge is -2.27. The van der Waals surface area contributed by atoms with Crippen LogP contribution >= 0.6 is 0 Å². The Labute approximate surface area is 116 Å². The molecule has 0 aliphatic heterocycles. The van der Waals surface area contributed by atoms with E-state index in [-0.39, 0.29) is 11.9 Å². The van der Waals surface area contributed by atoms with Gasteiger partial charge in [-0.15, -0.1) is 0 Å². The molecule has 0 bridgehead atoms. The molecule has 0 saturated carbocycles. The summed E-state index contributed by atoms with van der Waals surface area (Å²) in [6.07, 6.45) is 1.68. The van der Waals surface area contributed by atoms with Gasteiger partial charge in [-0.25, -0.2) is 0 Å². The number of ether oxygens (including phenoxy) is 1. The first kappa shape index (κ1) is 15.7. The molecule has 0 heterocycles. The summed E-state index contributed by atoms with van der Waals surface area (Å²) in [4.78, 5) is 12.2. The summed E-state index contributed by atoms with van der Waals surface area (Å²) in [5.74, 6) is -0.0652. The van der Waals surface area contributed by atoms with Gasteiger partial charge in [-0.1, -0.05) is 38.1 Å². The average molecular weight is 263 g/mol. The number of carbonyl (C=O) groups is 1. The van der Waals surface area contributed by atoms with Crippen molar-refractivity contribution >= 4 is 5.91 Å². The molecule has 3 nitrogen and oxygen atoms in total. The molecular formula is C16H25NO2. The van der Waals surface area contributed by atoms with Crippen LogP contribution in [0.25, 0.3) is 0 Å². The second kappa shape index (κ2) is 6.71. The maximum atomic E-state index is 12.2. The highest BCUT2D eigenvalue weighted by atomic mass is 16.5. The Hall–Kier alpha value is -1.35. The number of benzene rings is 1. The average Bonchev–Trinajstić information content (AvgIpc) is 2.46. The van der Waals surface area contributed by atoms with Crippen molar-refractivity contribution in [3.8, 4) is 0 Å². The number of hydrogen-bond acceptors (Lipinski definition) is 2. The van der Waals surface area contributed by atoms with Crippen molar-refractivity contribution in [2.75, 3.05) is 7.11 Å². The van der Waals surface area contributed by atoms with E-state index in [2.05, 4.69) is 36.5 Å². The number of methoxy groups -OCH3 is 1. The van der Waals surface area contributed by atoms with Gasteiger partial charge in [0.2, 0.25) is 0 Å². The molecule has 2 unspecified atom stereocenters. The van der Waals surface area contributed by atoms with Crippen LogP contribution in [0.15, 0.2) is 24.3 Å². The van der Waals surface area contributed by atoms with Gasteiger partial charge in [0.1, 0.15) is 5.60 Å². The number of nitrogens with one attached hydrogen (secondary N) is 1. The van der Waals surface area contributed by atoms with E-state index in [1.807, 2.05) is 20.8 Å². The van der Waals surface area contributed by atoms with Crippen LogP contribution < -0.4 is 5.32 Å². The zero-order valence-electron chi connectivity index (χ0n) is 12.6. The minimum absolute atomic E-state index is 0.0144. The highest BCUT2D eigenvalue weighted by molar-refractivity contribution is 5.85. The Morgan fingerprint density at radius 3 is 2.32 bits per heavy atom. The summed E-state index contributed by atoms with van der Waals surface area (Å²) in [5.41, 5.74) is 1.66. The van der Waals surface area contributed by atoms with Gasteiger partial charge in [0, 0.05) is 7.11 Å². The van der Waals surface area contributed by atoms with Crippen molar-refractivity contribution < 1.29 is 9.53 Å². The molecule has 0 aromatic heterocycles. The van der Waals surface area contributed by atoms with Gasteiger partial charge in [-0.2, -0.15) is 0 Å². The molecule has 1 aromatic carbocycles. The third kappa shape index (κ3) is 3.80. The molecular weight excluding hydrogens is 238 g/mol. The van der Waals surface area contributed by atoms with Crippen LogP contribution in [0.5, 0.6) is 0 Å². The summed E-state index contributed by atoms with van der Waals surface area (Å²) < 4.78 is 5.31. The van der Waals surface area contributed by atoms with Gasteiger partial charge < -0.3 is 10.1 Å². The molecule has 0 radical (unpaired) electrons. The number of amides is 1. The maximum absolute atomic E-state index is 12.2. The Balaban J connectivity index is 2.73. The van der Waals surface area contributed by atoms with E-state index < -0.39 is 5.60 Å². The number of carbonyl (C=O) groups excluding carboxylic acids is 1. The molecule has 1 amide bonds. The Morgan fingerprint density at radius 1 is 1.32 bits per heavy atom. The molecule has 106 valence electrons. The van der Waals surface area contributed by atoms with Crippen molar-refractivity contribution in [2.45, 2.75) is 52.2 Å². The van der Waals surface area contributed by atoms with Crippen LogP contribution in [0.4, 0.5) is 0 Å². The second-order valence-electron chi connectivity index (χ2n) is 5.08. The fourth-order valence-electron chi connectivity index (χ4n) is 1.87. The number of rotatable bonds is 6. The molecule has 0 aliphatic rings. The van der Waals surface area contributed by atoms with Crippen LogP contribution in [0.1, 0.15) is 51.3 Å². The molecule has 19 heavy (non-hydrogen) atoms. The first-order valence-corrected chi connectivity index (χ1v) is 6.91. The first-order chi connectivity index (χ1) is 8.96. The van der Waals surface area contributed by atoms with E-state index in [0.717, 1.165) is 12.0 Å². The van der Waals surface area contributed by atoms with Crippen LogP contribution in [0, 0.1) is 0 Å². The molecule has 1 aromatic rings. The minimum atomic E-state index is -0.752. The molecule has 2 atom stereocenters. The summed E-state index contributed by atoms with van der Waals surface area (Å²) in [6, 6.07) is 8.33. The molecule has 0 spiro atoms. The van der Waals surface area contributed by atoms with Crippen molar-refractivity contribution in [3.05, 3.63) is 35.4 Å². The fourth-order valence-corrected chi connectivity index (χ4v) is 1.87. The topological polar surface area (TPSA) is 38.3 Å². The maximum Gasteiger partial charge on any atom is 0.252 e. The van der Waals surface area contributed by atoms with Gasteiger partial charge in [0.15, 0.2) is 0 Å². The quantitative estimate of drug-likeness (QED) is 0.855. The smallest absolute Gasteiger partial charge is 0.252 e. The largest absolute Gasteiger partial charge is 0.369 e. The van der Waals surface area contributed by atoms with Crippen molar-refractivity contribution in [1.82, 2.24) is 5.32 Å². The van der Waals surface area contributed by atoms with E-state index in [4.69, 9.17) is 4.74 Å². The SMILES string of the molecule is CCc1ccc(C(C)NC(=O)C(C)(CC)OC)cc1. The van der Waals surface area contributed by atoms with Gasteiger partial charge >= 0.3 is 0 Å². The first-order valence-electron chi connectivity index (χ1n) is 6.91. The molecule has 1 N–H and O–H groups in total. The molecule has 3 heteroatoms. The van der Waals surface area contributed by atoms with Gasteiger partial charge in [0.25, 0.3) is 5.91 Å².